The molecule has 0 aliphatic rings. The van der Waals surface area contributed by atoms with Crippen LogP contribution in [0.25, 0.3) is 0 Å². The molecule has 1 amide bonds. The van der Waals surface area contributed by atoms with Crippen LogP contribution in [-0.4, -0.2) is 12.5 Å². The van der Waals surface area contributed by atoms with Crippen LogP contribution in [0, 0.1) is 5.82 Å². The normalized spacial score (nSPS) is 11.4. The van der Waals surface area contributed by atoms with Crippen molar-refractivity contribution in [3.05, 3.63) is 35.1 Å². The smallest absolute Gasteiger partial charge is 0.352 e. The van der Waals surface area contributed by atoms with Crippen LogP contribution in [0.2, 0.25) is 0 Å². The molecule has 6 heteroatoms. The molecule has 1 rings (SSSR count). The Balaban J connectivity index is 2.70. The van der Waals surface area contributed by atoms with Gasteiger partial charge >= 0.3 is 6.18 Å². The predicted molar refractivity (Wildman–Crippen MR) is 63.3 cm³/mol. The van der Waals surface area contributed by atoms with Crippen LogP contribution in [0.4, 0.5) is 17.6 Å². The van der Waals surface area contributed by atoms with Crippen LogP contribution >= 0.6 is 0 Å². The third-order valence-corrected chi connectivity index (χ3v) is 2.60. The molecule has 0 saturated carbocycles. The van der Waals surface area contributed by atoms with E-state index >= 15 is 0 Å². The minimum atomic E-state index is -4.75. The topological polar surface area (TPSA) is 29.1 Å². The summed E-state index contributed by atoms with van der Waals surface area (Å²) in [5.41, 5.74) is -1.47. The number of amides is 1. The van der Waals surface area contributed by atoms with E-state index in [1.165, 1.54) is 0 Å². The van der Waals surface area contributed by atoms with E-state index in [2.05, 4.69) is 5.32 Å². The first-order valence-electron chi connectivity index (χ1n) is 6.01. The number of rotatable bonds is 5. The molecule has 106 valence electrons. The average molecular weight is 277 g/mol. The van der Waals surface area contributed by atoms with Crippen molar-refractivity contribution in [3.8, 4) is 0 Å². The summed E-state index contributed by atoms with van der Waals surface area (Å²) in [6.45, 7) is 2.43. The molecule has 19 heavy (non-hydrogen) atoms. The second-order valence-corrected chi connectivity index (χ2v) is 4.16. The van der Waals surface area contributed by atoms with Gasteiger partial charge in [-0.05, 0) is 24.6 Å². The number of nitrogens with one attached hydrogen (secondary N) is 1. The molecule has 0 unspecified atom stereocenters. The van der Waals surface area contributed by atoms with Crippen LogP contribution in [0.5, 0.6) is 0 Å². The van der Waals surface area contributed by atoms with Gasteiger partial charge in [0.15, 0.2) is 0 Å². The molecule has 0 saturated heterocycles. The lowest BCUT2D eigenvalue weighted by Crippen LogP contribution is -2.24. The Labute approximate surface area is 108 Å². The van der Waals surface area contributed by atoms with Gasteiger partial charge in [-0.15, -0.1) is 0 Å². The van der Waals surface area contributed by atoms with Gasteiger partial charge in [0.05, 0.1) is 5.56 Å². The number of hydrogen-bond acceptors (Lipinski definition) is 1. The molecule has 0 fully saturated rings. The Morgan fingerprint density at radius 1 is 1.26 bits per heavy atom. The standard InChI is InChI=1S/C13H15F4NO/c1-2-3-4-7-18-12(19)9-5-6-10(11(14)8-9)13(15,16)17/h5-6,8H,2-4,7H2,1H3,(H,18,19). The second-order valence-electron chi connectivity index (χ2n) is 4.16. The number of halogens is 4. The highest BCUT2D eigenvalue weighted by Crippen LogP contribution is 2.31. The average Bonchev–Trinajstić information content (AvgIpc) is 2.32. The first-order valence-corrected chi connectivity index (χ1v) is 6.01. The van der Waals surface area contributed by atoms with Crippen molar-refractivity contribution in [2.75, 3.05) is 6.54 Å². The van der Waals surface area contributed by atoms with Crippen LogP contribution in [-0.2, 0) is 6.18 Å². The van der Waals surface area contributed by atoms with Crippen LogP contribution < -0.4 is 5.32 Å². The molecule has 0 aliphatic heterocycles. The maximum Gasteiger partial charge on any atom is 0.419 e. The highest BCUT2D eigenvalue weighted by atomic mass is 19.4. The monoisotopic (exact) mass is 277 g/mol. The summed E-state index contributed by atoms with van der Waals surface area (Å²) in [4.78, 5) is 11.6. The first kappa shape index (κ1) is 15.5. The summed E-state index contributed by atoms with van der Waals surface area (Å²) in [5, 5.41) is 2.53. The molecule has 0 aliphatic carbocycles. The van der Waals surface area contributed by atoms with Gasteiger partial charge in [-0.3, -0.25) is 4.79 Å². The zero-order chi connectivity index (χ0) is 14.5. The van der Waals surface area contributed by atoms with Gasteiger partial charge < -0.3 is 5.32 Å². The van der Waals surface area contributed by atoms with E-state index in [1.54, 1.807) is 0 Å². The minimum Gasteiger partial charge on any atom is -0.352 e. The van der Waals surface area contributed by atoms with Gasteiger partial charge in [-0.1, -0.05) is 19.8 Å². The lowest BCUT2D eigenvalue weighted by molar-refractivity contribution is -0.140. The fourth-order valence-electron chi connectivity index (χ4n) is 1.57. The quantitative estimate of drug-likeness (QED) is 0.644. The molecule has 1 N–H and O–H groups in total. The molecular weight excluding hydrogens is 262 g/mol. The van der Waals surface area contributed by atoms with Crippen molar-refractivity contribution in [1.29, 1.82) is 0 Å². The Morgan fingerprint density at radius 2 is 1.95 bits per heavy atom. The van der Waals surface area contributed by atoms with Crippen molar-refractivity contribution in [2.24, 2.45) is 0 Å². The molecule has 1 aromatic carbocycles. The third-order valence-electron chi connectivity index (χ3n) is 2.60. The largest absolute Gasteiger partial charge is 0.419 e. The maximum atomic E-state index is 13.2. The van der Waals surface area contributed by atoms with Crippen molar-refractivity contribution < 1.29 is 22.4 Å². The Bertz CT molecular complexity index is 443. The van der Waals surface area contributed by atoms with E-state index in [1.807, 2.05) is 6.92 Å². The fraction of sp³-hybridized carbons (Fsp3) is 0.462. The van der Waals surface area contributed by atoms with Gasteiger partial charge in [0.1, 0.15) is 5.82 Å². The molecule has 0 radical (unpaired) electrons. The van der Waals surface area contributed by atoms with Crippen LogP contribution in [0.1, 0.15) is 42.1 Å². The molecule has 0 atom stereocenters. The van der Waals surface area contributed by atoms with Crippen LogP contribution in [0.3, 0.4) is 0 Å². The van der Waals surface area contributed by atoms with Crippen LogP contribution in [0.15, 0.2) is 18.2 Å². The molecule has 1 aromatic rings. The number of unbranched alkanes of at least 4 members (excludes halogenated alkanes) is 2. The summed E-state index contributed by atoms with van der Waals surface area (Å²) in [7, 11) is 0. The summed E-state index contributed by atoms with van der Waals surface area (Å²) >= 11 is 0. The SMILES string of the molecule is CCCCCNC(=O)c1ccc(C(F)(F)F)c(F)c1. The van der Waals surface area contributed by atoms with E-state index in [9.17, 15) is 22.4 Å². The van der Waals surface area contributed by atoms with E-state index in [-0.39, 0.29) is 5.56 Å². The van der Waals surface area contributed by atoms with Crippen molar-refractivity contribution >= 4 is 5.91 Å². The molecule has 0 heterocycles. The summed E-state index contributed by atoms with van der Waals surface area (Å²) < 4.78 is 50.2. The Morgan fingerprint density at radius 3 is 2.47 bits per heavy atom. The van der Waals surface area contributed by atoms with Crippen molar-refractivity contribution in [3.63, 3.8) is 0 Å². The summed E-state index contributed by atoms with van der Waals surface area (Å²) in [5.74, 6) is -2.00. The van der Waals surface area contributed by atoms with E-state index in [4.69, 9.17) is 0 Å². The third kappa shape index (κ3) is 4.54. The second kappa shape index (κ2) is 6.54. The lowest BCUT2D eigenvalue weighted by atomic mass is 10.1. The Hall–Kier alpha value is -1.59. The predicted octanol–water partition coefficient (Wildman–Crippen LogP) is 3.76. The number of carbonyl (C=O) groups is 1. The summed E-state index contributed by atoms with van der Waals surface area (Å²) in [6, 6.07) is 2.16. The number of benzene rings is 1. The molecule has 0 spiro atoms. The lowest BCUT2D eigenvalue weighted by Gasteiger charge is -2.09. The van der Waals surface area contributed by atoms with Gasteiger partial charge in [0, 0.05) is 12.1 Å². The number of carbonyl (C=O) groups excluding carboxylic acids is 1. The number of alkyl halides is 3. The maximum absolute atomic E-state index is 13.2. The fourth-order valence-corrected chi connectivity index (χ4v) is 1.57. The van der Waals surface area contributed by atoms with Gasteiger partial charge in [0.25, 0.3) is 5.91 Å². The van der Waals surface area contributed by atoms with Crippen molar-refractivity contribution in [2.45, 2.75) is 32.4 Å². The Kier molecular flexibility index (Phi) is 5.32. The zero-order valence-corrected chi connectivity index (χ0v) is 10.5. The van der Waals surface area contributed by atoms with Gasteiger partial charge in [0.2, 0.25) is 0 Å². The van der Waals surface area contributed by atoms with E-state index in [0.29, 0.717) is 18.7 Å². The van der Waals surface area contributed by atoms with Gasteiger partial charge in [-0.25, -0.2) is 4.39 Å². The van der Waals surface area contributed by atoms with Crippen molar-refractivity contribution in [1.82, 2.24) is 5.32 Å². The highest BCUT2D eigenvalue weighted by molar-refractivity contribution is 5.94. The summed E-state index contributed by atoms with van der Waals surface area (Å²) in [6.07, 6.45) is -2.03. The minimum absolute atomic E-state index is 0.109. The molecule has 2 nitrogen and oxygen atoms in total. The van der Waals surface area contributed by atoms with Gasteiger partial charge in [-0.2, -0.15) is 13.2 Å². The van der Waals surface area contributed by atoms with E-state index < -0.39 is 23.5 Å². The number of hydrogen-bond donors (Lipinski definition) is 1. The molecule has 0 bridgehead atoms. The highest BCUT2D eigenvalue weighted by Gasteiger charge is 2.34. The molecule has 0 aromatic heterocycles. The zero-order valence-electron chi connectivity index (χ0n) is 10.5. The first-order chi connectivity index (χ1) is 8.86. The molecular formula is C13H15F4NO. The van der Waals surface area contributed by atoms with E-state index in [0.717, 1.165) is 25.3 Å².